The van der Waals surface area contributed by atoms with Crippen LogP contribution in [0.3, 0.4) is 0 Å². The molecule has 0 aliphatic carbocycles. The van der Waals surface area contributed by atoms with Gasteiger partial charge in [-0.25, -0.2) is 9.78 Å². The average Bonchev–Trinajstić information content (AvgIpc) is 2.36. The number of carboxylic acids is 1. The van der Waals surface area contributed by atoms with Gasteiger partial charge in [0.25, 0.3) is 5.91 Å². The maximum absolute atomic E-state index is 11.9. The molecule has 2 N–H and O–H groups in total. The Balaban J connectivity index is 2.68. The van der Waals surface area contributed by atoms with Crippen molar-refractivity contribution in [2.24, 2.45) is 5.41 Å². The minimum atomic E-state index is -1.14. The summed E-state index contributed by atoms with van der Waals surface area (Å²) in [6, 6.07) is 4.39. The fraction of sp³-hybridized carbons (Fsp3) is 0.500. The van der Waals surface area contributed by atoms with E-state index < -0.39 is 5.97 Å². The van der Waals surface area contributed by atoms with Crippen molar-refractivity contribution in [2.45, 2.75) is 33.6 Å². The molecule has 0 fully saturated rings. The third-order valence-electron chi connectivity index (χ3n) is 2.86. The highest BCUT2D eigenvalue weighted by atomic mass is 16.4. The van der Waals surface area contributed by atoms with E-state index in [4.69, 9.17) is 5.11 Å². The van der Waals surface area contributed by atoms with E-state index in [2.05, 4.69) is 31.1 Å². The second-order valence-corrected chi connectivity index (χ2v) is 5.31. The summed E-state index contributed by atoms with van der Waals surface area (Å²) in [7, 11) is 0. The van der Waals surface area contributed by atoms with E-state index in [0.717, 1.165) is 12.8 Å². The molecular formula is C14H20N2O3. The molecule has 1 aromatic heterocycles. The maximum Gasteiger partial charge on any atom is 0.354 e. The lowest BCUT2D eigenvalue weighted by atomic mass is 9.88. The van der Waals surface area contributed by atoms with Gasteiger partial charge in [-0.05, 0) is 24.0 Å². The van der Waals surface area contributed by atoms with Crippen LogP contribution < -0.4 is 5.32 Å². The van der Waals surface area contributed by atoms with Crippen molar-refractivity contribution >= 4 is 11.9 Å². The summed E-state index contributed by atoms with van der Waals surface area (Å²) < 4.78 is 0. The van der Waals surface area contributed by atoms with E-state index in [1.165, 1.54) is 18.2 Å². The lowest BCUT2D eigenvalue weighted by Crippen LogP contribution is -2.34. The maximum atomic E-state index is 11.9. The first kappa shape index (κ1) is 15.1. The van der Waals surface area contributed by atoms with Crippen molar-refractivity contribution in [1.29, 1.82) is 0 Å². The minimum Gasteiger partial charge on any atom is -0.477 e. The van der Waals surface area contributed by atoms with Gasteiger partial charge in [0.2, 0.25) is 0 Å². The normalized spacial score (nSPS) is 11.1. The van der Waals surface area contributed by atoms with Crippen LogP contribution in [-0.4, -0.2) is 28.5 Å². The highest BCUT2D eigenvalue weighted by Crippen LogP contribution is 2.20. The van der Waals surface area contributed by atoms with Crippen molar-refractivity contribution in [2.75, 3.05) is 6.54 Å². The number of aromatic carboxylic acids is 1. The standard InChI is InChI=1S/C14H20N2O3/c1-4-8-14(2,3)9-15-12(17)10-6-5-7-11(16-10)13(18)19/h5-7H,4,8-9H2,1-3H3,(H,15,17)(H,18,19). The van der Waals surface area contributed by atoms with Crippen LogP contribution in [0.5, 0.6) is 0 Å². The van der Waals surface area contributed by atoms with Gasteiger partial charge in [0.1, 0.15) is 11.4 Å². The van der Waals surface area contributed by atoms with Crippen LogP contribution in [0.1, 0.15) is 54.6 Å². The van der Waals surface area contributed by atoms with Gasteiger partial charge in [-0.2, -0.15) is 0 Å². The monoisotopic (exact) mass is 264 g/mol. The predicted octanol–water partition coefficient (Wildman–Crippen LogP) is 2.34. The molecule has 0 aromatic carbocycles. The molecule has 0 spiro atoms. The molecule has 0 atom stereocenters. The Hall–Kier alpha value is -1.91. The topological polar surface area (TPSA) is 79.3 Å². The molecule has 1 amide bonds. The second kappa shape index (κ2) is 6.31. The summed E-state index contributed by atoms with van der Waals surface area (Å²) in [4.78, 5) is 26.5. The number of carbonyl (C=O) groups is 2. The summed E-state index contributed by atoms with van der Waals surface area (Å²) in [5.41, 5.74) is 0.0297. The summed E-state index contributed by atoms with van der Waals surface area (Å²) in [5.74, 6) is -1.48. The lowest BCUT2D eigenvalue weighted by Gasteiger charge is -2.24. The smallest absolute Gasteiger partial charge is 0.354 e. The first-order valence-corrected chi connectivity index (χ1v) is 6.34. The van der Waals surface area contributed by atoms with Gasteiger partial charge in [-0.15, -0.1) is 0 Å². The van der Waals surface area contributed by atoms with Crippen molar-refractivity contribution in [3.8, 4) is 0 Å². The van der Waals surface area contributed by atoms with Crippen LogP contribution >= 0.6 is 0 Å². The van der Waals surface area contributed by atoms with Crippen LogP contribution in [0.4, 0.5) is 0 Å². The summed E-state index contributed by atoms with van der Waals surface area (Å²) >= 11 is 0. The van der Waals surface area contributed by atoms with Crippen LogP contribution in [0.2, 0.25) is 0 Å². The van der Waals surface area contributed by atoms with E-state index in [0.29, 0.717) is 6.54 Å². The predicted molar refractivity (Wildman–Crippen MR) is 72.2 cm³/mol. The largest absolute Gasteiger partial charge is 0.477 e. The number of rotatable bonds is 6. The Labute approximate surface area is 113 Å². The van der Waals surface area contributed by atoms with Gasteiger partial charge in [0.15, 0.2) is 0 Å². The molecule has 0 aliphatic heterocycles. The average molecular weight is 264 g/mol. The molecule has 0 unspecified atom stereocenters. The van der Waals surface area contributed by atoms with Crippen molar-refractivity contribution in [1.82, 2.24) is 10.3 Å². The van der Waals surface area contributed by atoms with E-state index in [-0.39, 0.29) is 22.7 Å². The van der Waals surface area contributed by atoms with Crippen molar-refractivity contribution < 1.29 is 14.7 Å². The number of nitrogens with one attached hydrogen (secondary N) is 1. The number of hydrogen-bond donors (Lipinski definition) is 2. The molecule has 1 heterocycles. The van der Waals surface area contributed by atoms with Gasteiger partial charge in [0.05, 0.1) is 0 Å². The Morgan fingerprint density at radius 3 is 2.53 bits per heavy atom. The molecule has 1 rings (SSSR count). The number of nitrogens with zero attached hydrogens (tertiary/aromatic N) is 1. The zero-order chi connectivity index (χ0) is 14.5. The summed E-state index contributed by atoms with van der Waals surface area (Å²) in [6.07, 6.45) is 2.06. The zero-order valence-corrected chi connectivity index (χ0v) is 11.6. The number of carbonyl (C=O) groups excluding carboxylic acids is 1. The number of pyridine rings is 1. The summed E-state index contributed by atoms with van der Waals surface area (Å²) in [6.45, 7) is 6.80. The number of hydrogen-bond acceptors (Lipinski definition) is 3. The van der Waals surface area contributed by atoms with Gasteiger partial charge in [0, 0.05) is 6.54 Å². The molecule has 0 aliphatic rings. The number of aromatic nitrogens is 1. The van der Waals surface area contributed by atoms with Gasteiger partial charge >= 0.3 is 5.97 Å². The van der Waals surface area contributed by atoms with E-state index in [1.54, 1.807) is 0 Å². The van der Waals surface area contributed by atoms with Crippen LogP contribution in [-0.2, 0) is 0 Å². The molecule has 0 bridgehead atoms. The highest BCUT2D eigenvalue weighted by Gasteiger charge is 2.19. The molecule has 1 aromatic rings. The fourth-order valence-electron chi connectivity index (χ4n) is 1.86. The SMILES string of the molecule is CCCC(C)(C)CNC(=O)c1cccc(C(=O)O)n1. The Kier molecular flexibility index (Phi) is 5.03. The minimum absolute atomic E-state index is 0.0226. The first-order chi connectivity index (χ1) is 8.85. The Bertz CT molecular complexity index is 470. The van der Waals surface area contributed by atoms with E-state index in [1.807, 2.05) is 0 Å². The van der Waals surface area contributed by atoms with Crippen LogP contribution in [0.25, 0.3) is 0 Å². The third-order valence-corrected chi connectivity index (χ3v) is 2.86. The number of carboxylic acid groups (broad SMARTS) is 1. The Morgan fingerprint density at radius 2 is 1.95 bits per heavy atom. The van der Waals surface area contributed by atoms with Crippen LogP contribution in [0.15, 0.2) is 18.2 Å². The first-order valence-electron chi connectivity index (χ1n) is 6.34. The molecule has 5 nitrogen and oxygen atoms in total. The molecule has 0 radical (unpaired) electrons. The van der Waals surface area contributed by atoms with Crippen molar-refractivity contribution in [3.63, 3.8) is 0 Å². The fourth-order valence-corrected chi connectivity index (χ4v) is 1.86. The Morgan fingerprint density at radius 1 is 1.32 bits per heavy atom. The summed E-state index contributed by atoms with van der Waals surface area (Å²) in [5, 5.41) is 11.6. The van der Waals surface area contributed by atoms with E-state index >= 15 is 0 Å². The van der Waals surface area contributed by atoms with Gasteiger partial charge in [-0.3, -0.25) is 4.79 Å². The molecule has 0 saturated heterocycles. The molecular weight excluding hydrogens is 244 g/mol. The zero-order valence-electron chi connectivity index (χ0n) is 11.6. The second-order valence-electron chi connectivity index (χ2n) is 5.31. The van der Waals surface area contributed by atoms with Gasteiger partial charge < -0.3 is 10.4 Å². The molecule has 104 valence electrons. The number of amides is 1. The molecule has 5 heteroatoms. The van der Waals surface area contributed by atoms with Crippen molar-refractivity contribution in [3.05, 3.63) is 29.6 Å². The third kappa shape index (κ3) is 4.69. The molecule has 19 heavy (non-hydrogen) atoms. The van der Waals surface area contributed by atoms with E-state index in [9.17, 15) is 9.59 Å². The van der Waals surface area contributed by atoms with Gasteiger partial charge in [-0.1, -0.05) is 33.3 Å². The quantitative estimate of drug-likeness (QED) is 0.826. The lowest BCUT2D eigenvalue weighted by molar-refractivity contribution is 0.0690. The highest BCUT2D eigenvalue weighted by molar-refractivity contribution is 5.94. The van der Waals surface area contributed by atoms with Crippen LogP contribution in [0, 0.1) is 5.41 Å². The molecule has 0 saturated carbocycles.